The lowest BCUT2D eigenvalue weighted by Crippen LogP contribution is -2.23. The Balaban J connectivity index is 1.99. The van der Waals surface area contributed by atoms with Gasteiger partial charge in [-0.05, 0) is 17.7 Å². The number of benzene rings is 1. The van der Waals surface area contributed by atoms with Crippen LogP contribution in [0.4, 0.5) is 13.2 Å². The second kappa shape index (κ2) is 6.06. The van der Waals surface area contributed by atoms with Gasteiger partial charge in [0.1, 0.15) is 24.6 Å². The number of nitrogens with zero attached hydrogens (tertiary/aromatic N) is 6. The topological polar surface area (TPSA) is 136 Å². The van der Waals surface area contributed by atoms with Crippen LogP contribution in [0.15, 0.2) is 24.8 Å². The minimum Gasteiger partial charge on any atom is -0.324 e. The van der Waals surface area contributed by atoms with Gasteiger partial charge < -0.3 is 9.79 Å². The predicted octanol–water partition coefficient (Wildman–Crippen LogP) is 1.28. The van der Waals surface area contributed by atoms with Gasteiger partial charge in [0, 0.05) is 6.42 Å². The van der Waals surface area contributed by atoms with E-state index in [2.05, 4.69) is 20.3 Å². The van der Waals surface area contributed by atoms with Gasteiger partial charge in [0.15, 0.2) is 0 Å². The first-order valence-corrected chi connectivity index (χ1v) is 9.46. The second-order valence-corrected chi connectivity index (χ2v) is 7.68. The summed E-state index contributed by atoms with van der Waals surface area (Å²) in [6.07, 6.45) is -3.78. The van der Waals surface area contributed by atoms with Crippen molar-refractivity contribution in [2.75, 3.05) is 0 Å². The summed E-state index contributed by atoms with van der Waals surface area (Å²) in [5.41, 5.74) is -1.25. The number of carbonyl (C=O) groups excluding carboxylic acids is 1. The lowest BCUT2D eigenvalue weighted by atomic mass is 9.98. The summed E-state index contributed by atoms with van der Waals surface area (Å²) in [6, 6.07) is 1.93. The van der Waals surface area contributed by atoms with E-state index in [4.69, 9.17) is 0 Å². The van der Waals surface area contributed by atoms with E-state index in [1.54, 1.807) is 0 Å². The van der Waals surface area contributed by atoms with Crippen LogP contribution in [0.3, 0.4) is 0 Å². The van der Waals surface area contributed by atoms with Crippen molar-refractivity contribution in [1.82, 2.24) is 29.5 Å². The van der Waals surface area contributed by atoms with Crippen LogP contribution in [0.5, 0.6) is 0 Å². The van der Waals surface area contributed by atoms with E-state index >= 15 is 0 Å². The molecule has 0 aliphatic carbocycles. The maximum atomic E-state index is 13.6. The number of alkyl halides is 3. The number of hydrogen-bond acceptors (Lipinski definition) is 6. The third-order valence-electron chi connectivity index (χ3n) is 4.09. The van der Waals surface area contributed by atoms with Crippen LogP contribution in [0, 0.1) is 0 Å². The van der Waals surface area contributed by atoms with Crippen LogP contribution < -0.4 is 0 Å². The normalized spacial score (nSPS) is 14.1. The summed E-state index contributed by atoms with van der Waals surface area (Å²) in [4.78, 5) is 34.4. The lowest BCUT2D eigenvalue weighted by Gasteiger charge is -2.22. The van der Waals surface area contributed by atoms with Gasteiger partial charge in [-0.15, -0.1) is 10.2 Å². The van der Waals surface area contributed by atoms with Crippen molar-refractivity contribution in [3.63, 3.8) is 0 Å². The van der Waals surface area contributed by atoms with Crippen molar-refractivity contribution in [2.45, 2.75) is 18.8 Å². The number of fused-ring (bicyclic) bond motifs is 3. The van der Waals surface area contributed by atoms with Crippen LogP contribution in [0.2, 0.25) is 0 Å². The third kappa shape index (κ3) is 3.13. The molecule has 28 heavy (non-hydrogen) atoms. The summed E-state index contributed by atoms with van der Waals surface area (Å²) < 4.78 is 54.0. The van der Waals surface area contributed by atoms with E-state index in [0.717, 1.165) is 34.0 Å². The fourth-order valence-electron chi connectivity index (χ4n) is 3.01. The fourth-order valence-corrected chi connectivity index (χ4v) is 3.58. The molecule has 1 aliphatic rings. The smallest absolute Gasteiger partial charge is 0.324 e. The van der Waals surface area contributed by atoms with Gasteiger partial charge >= 0.3 is 13.8 Å². The zero-order valence-corrected chi connectivity index (χ0v) is 14.6. The van der Waals surface area contributed by atoms with E-state index in [9.17, 15) is 32.3 Å². The third-order valence-corrected chi connectivity index (χ3v) is 4.78. The summed E-state index contributed by atoms with van der Waals surface area (Å²) in [7, 11) is -4.57. The Morgan fingerprint density at radius 3 is 2.54 bits per heavy atom. The Bertz CT molecular complexity index is 1130. The van der Waals surface area contributed by atoms with Crippen molar-refractivity contribution in [1.29, 1.82) is 0 Å². The molecule has 0 amide bonds. The molecule has 146 valence electrons. The second-order valence-electron chi connectivity index (χ2n) is 6.03. The van der Waals surface area contributed by atoms with Crippen LogP contribution in [0.25, 0.3) is 11.4 Å². The Morgan fingerprint density at radius 2 is 1.93 bits per heavy atom. The van der Waals surface area contributed by atoms with Crippen LogP contribution in [0.1, 0.15) is 27.6 Å². The highest BCUT2D eigenvalue weighted by atomic mass is 31.2. The predicted molar refractivity (Wildman–Crippen MR) is 85.1 cm³/mol. The highest BCUT2D eigenvalue weighted by molar-refractivity contribution is 7.50. The monoisotopic (exact) mass is 414 g/mol. The van der Waals surface area contributed by atoms with Gasteiger partial charge in [0.2, 0.25) is 11.6 Å². The molecule has 0 saturated carbocycles. The van der Waals surface area contributed by atoms with E-state index in [1.807, 2.05) is 0 Å². The average Bonchev–Trinajstić information content (AvgIpc) is 3.22. The number of halogens is 3. The number of ketones is 1. The molecule has 10 nitrogen and oxygen atoms in total. The van der Waals surface area contributed by atoms with Crippen molar-refractivity contribution in [3.05, 3.63) is 47.6 Å². The maximum Gasteiger partial charge on any atom is 0.418 e. The van der Waals surface area contributed by atoms with E-state index in [-0.39, 0.29) is 35.0 Å². The molecule has 1 aromatic carbocycles. The fraction of sp³-hybridized carbons (Fsp3) is 0.214. The van der Waals surface area contributed by atoms with E-state index < -0.39 is 31.3 Å². The molecule has 0 spiro atoms. The van der Waals surface area contributed by atoms with Crippen molar-refractivity contribution in [3.8, 4) is 11.4 Å². The van der Waals surface area contributed by atoms with E-state index in [0.29, 0.717) is 0 Å². The highest BCUT2D eigenvalue weighted by Gasteiger charge is 2.38. The standard InChI is InChI=1S/C14H10F3N6O4P/c15-14(16,17)8-1-7-2-11(24)13-21-20-12(4-28(25,26)27)23(13)9(7)3-10(8)22-6-18-5-19-22/h1,3,5-6H,2,4H2,(H2,25,26,27). The number of Topliss-reactive ketones (excluding diaryl/α,β-unsaturated/α-hetero) is 1. The molecule has 2 aromatic heterocycles. The largest absolute Gasteiger partial charge is 0.418 e. The van der Waals surface area contributed by atoms with Gasteiger partial charge in [-0.1, -0.05) is 0 Å². The first-order valence-electron chi connectivity index (χ1n) is 7.66. The summed E-state index contributed by atoms with van der Waals surface area (Å²) >= 11 is 0. The number of hydrogen-bond donors (Lipinski definition) is 2. The molecule has 3 aromatic rings. The maximum absolute atomic E-state index is 13.6. The molecule has 1 aliphatic heterocycles. The molecular formula is C14H10F3N6O4P. The average molecular weight is 414 g/mol. The Labute approximate surface area is 153 Å². The SMILES string of the molecule is O=C1Cc2cc(C(F)(F)F)c(-n3cncn3)cc2-n2c(CP(=O)(O)O)nnc21. The zero-order chi connectivity index (χ0) is 20.3. The van der Waals surface area contributed by atoms with E-state index in [1.165, 1.54) is 0 Å². The zero-order valence-electron chi connectivity index (χ0n) is 13.7. The molecular weight excluding hydrogens is 404 g/mol. The first kappa shape index (κ1) is 18.5. The minimum absolute atomic E-state index is 0.0282. The summed E-state index contributed by atoms with van der Waals surface area (Å²) in [6.45, 7) is 0. The summed E-state index contributed by atoms with van der Waals surface area (Å²) in [5.74, 6) is -1.05. The summed E-state index contributed by atoms with van der Waals surface area (Å²) in [5, 5.41) is 11.0. The lowest BCUT2D eigenvalue weighted by molar-refractivity contribution is -0.137. The Hall–Kier alpha value is -2.89. The van der Waals surface area contributed by atoms with Gasteiger partial charge in [-0.25, -0.2) is 9.67 Å². The van der Waals surface area contributed by atoms with Gasteiger partial charge in [-0.3, -0.25) is 13.9 Å². The molecule has 0 bridgehead atoms. The van der Waals surface area contributed by atoms with Crippen LogP contribution >= 0.6 is 7.60 Å². The molecule has 0 unspecified atom stereocenters. The van der Waals surface area contributed by atoms with Crippen molar-refractivity contribution in [2.24, 2.45) is 0 Å². The minimum atomic E-state index is -4.73. The molecule has 0 atom stereocenters. The molecule has 3 heterocycles. The molecule has 2 N–H and O–H groups in total. The molecule has 14 heteroatoms. The van der Waals surface area contributed by atoms with Crippen molar-refractivity contribution >= 4 is 13.4 Å². The molecule has 0 radical (unpaired) electrons. The van der Waals surface area contributed by atoms with Crippen LogP contribution in [-0.4, -0.2) is 45.1 Å². The van der Waals surface area contributed by atoms with Gasteiger partial charge in [0.25, 0.3) is 0 Å². The number of carbonyl (C=O) groups is 1. The number of rotatable bonds is 3. The van der Waals surface area contributed by atoms with Gasteiger partial charge in [-0.2, -0.15) is 18.3 Å². The molecule has 0 fully saturated rings. The Morgan fingerprint density at radius 1 is 1.18 bits per heavy atom. The Kier molecular flexibility index (Phi) is 4.00. The molecule has 4 rings (SSSR count). The highest BCUT2D eigenvalue weighted by Crippen LogP contribution is 2.42. The first-order chi connectivity index (χ1) is 13.0. The molecule has 0 saturated heterocycles. The van der Waals surface area contributed by atoms with Gasteiger partial charge in [0.05, 0.1) is 16.9 Å². The number of aromatic nitrogens is 6. The van der Waals surface area contributed by atoms with Crippen LogP contribution in [-0.2, 0) is 23.3 Å². The van der Waals surface area contributed by atoms with Crippen molar-refractivity contribution < 1.29 is 32.3 Å². The quantitative estimate of drug-likeness (QED) is 0.612.